The summed E-state index contributed by atoms with van der Waals surface area (Å²) >= 11 is 0. The van der Waals surface area contributed by atoms with E-state index in [0.717, 1.165) is 18.2 Å². The molecule has 88 valence electrons. The fraction of sp³-hybridized carbons (Fsp3) is 0.222. The summed E-state index contributed by atoms with van der Waals surface area (Å²) in [6.07, 6.45) is -8.26. The number of rotatable bonds is 3. The lowest BCUT2D eigenvalue weighted by Crippen LogP contribution is -2.19. The number of benzene rings is 1. The summed E-state index contributed by atoms with van der Waals surface area (Å²) in [5, 5.41) is 0. The van der Waals surface area contributed by atoms with E-state index in [9.17, 15) is 26.7 Å². The Balaban J connectivity index is 3.25. The Morgan fingerprint density at radius 2 is 1.88 bits per heavy atom. The molecule has 2 nitrogen and oxygen atoms in total. The second-order valence-electron chi connectivity index (χ2n) is 2.73. The van der Waals surface area contributed by atoms with Gasteiger partial charge in [-0.25, -0.2) is 8.78 Å². The molecule has 0 spiro atoms. The molecule has 1 aromatic rings. The Hall–Kier alpha value is -1.66. The van der Waals surface area contributed by atoms with Gasteiger partial charge in [-0.05, 0) is 12.1 Å². The van der Waals surface area contributed by atoms with Crippen LogP contribution in [0.3, 0.4) is 0 Å². The molecule has 0 fully saturated rings. The van der Waals surface area contributed by atoms with Gasteiger partial charge in [-0.3, -0.25) is 4.79 Å². The monoisotopic (exact) mass is 240 g/mol. The zero-order chi connectivity index (χ0) is 12.3. The number of hydrogen-bond acceptors (Lipinski definition) is 2. The van der Waals surface area contributed by atoms with E-state index in [1.807, 2.05) is 0 Å². The molecule has 0 aromatic heterocycles. The number of ether oxygens (including phenoxy) is 1. The number of carbonyl (C=O) groups is 1. The van der Waals surface area contributed by atoms with Crippen LogP contribution in [-0.2, 0) is 0 Å². The van der Waals surface area contributed by atoms with E-state index < -0.39 is 29.7 Å². The molecule has 0 aliphatic carbocycles. The third-order valence-corrected chi connectivity index (χ3v) is 1.66. The van der Waals surface area contributed by atoms with Crippen molar-refractivity contribution in [1.82, 2.24) is 0 Å². The first-order chi connectivity index (χ1) is 7.35. The van der Waals surface area contributed by atoms with Crippen LogP contribution in [0.15, 0.2) is 18.2 Å². The number of alkyl halides is 5. The topological polar surface area (TPSA) is 26.3 Å². The van der Waals surface area contributed by atoms with Crippen LogP contribution in [0.5, 0.6) is 5.75 Å². The van der Waals surface area contributed by atoms with E-state index in [0.29, 0.717) is 0 Å². The lowest BCUT2D eigenvalue weighted by Gasteiger charge is -2.14. The first-order valence-corrected chi connectivity index (χ1v) is 3.97. The lowest BCUT2D eigenvalue weighted by atomic mass is 10.1. The minimum Gasteiger partial charge on any atom is -0.405 e. The highest BCUT2D eigenvalue weighted by Gasteiger charge is 2.34. The van der Waals surface area contributed by atoms with Crippen molar-refractivity contribution >= 4 is 6.29 Å². The fourth-order valence-electron chi connectivity index (χ4n) is 1.07. The highest BCUT2D eigenvalue weighted by molar-refractivity contribution is 5.80. The van der Waals surface area contributed by atoms with Crippen LogP contribution in [0.1, 0.15) is 22.3 Å². The summed E-state index contributed by atoms with van der Waals surface area (Å²) in [7, 11) is 0. The normalized spacial score (nSPS) is 11.6. The smallest absolute Gasteiger partial charge is 0.405 e. The van der Waals surface area contributed by atoms with Gasteiger partial charge in [0, 0.05) is 0 Å². The molecule has 0 unspecified atom stereocenters. The van der Waals surface area contributed by atoms with Crippen LogP contribution in [-0.4, -0.2) is 12.6 Å². The van der Waals surface area contributed by atoms with Crippen molar-refractivity contribution < 1.29 is 31.5 Å². The maximum Gasteiger partial charge on any atom is 0.573 e. The Morgan fingerprint density at radius 3 is 2.31 bits per heavy atom. The second kappa shape index (κ2) is 4.46. The Kier molecular flexibility index (Phi) is 3.46. The van der Waals surface area contributed by atoms with Crippen molar-refractivity contribution in [3.63, 3.8) is 0 Å². The van der Waals surface area contributed by atoms with Crippen molar-refractivity contribution in [2.24, 2.45) is 0 Å². The Labute approximate surface area is 86.6 Å². The molecule has 0 amide bonds. The largest absolute Gasteiger partial charge is 0.573 e. The second-order valence-corrected chi connectivity index (χ2v) is 2.73. The van der Waals surface area contributed by atoms with Gasteiger partial charge in [-0.2, -0.15) is 0 Å². The molecule has 0 bridgehead atoms. The SMILES string of the molecule is O=Cc1cccc(C(F)F)c1OC(F)(F)F. The zero-order valence-corrected chi connectivity index (χ0v) is 7.59. The molecule has 7 heteroatoms. The number of aldehydes is 1. The highest BCUT2D eigenvalue weighted by atomic mass is 19.4. The fourth-order valence-corrected chi connectivity index (χ4v) is 1.07. The first kappa shape index (κ1) is 12.4. The Bertz CT molecular complexity index is 386. The van der Waals surface area contributed by atoms with Gasteiger partial charge in [0.05, 0.1) is 11.1 Å². The molecule has 1 aromatic carbocycles. The number of para-hydroxylation sites is 1. The van der Waals surface area contributed by atoms with Gasteiger partial charge in [0.25, 0.3) is 6.43 Å². The molecule has 0 aliphatic heterocycles. The van der Waals surface area contributed by atoms with Crippen LogP contribution in [0.25, 0.3) is 0 Å². The highest BCUT2D eigenvalue weighted by Crippen LogP contribution is 2.34. The van der Waals surface area contributed by atoms with E-state index in [-0.39, 0.29) is 6.29 Å². The maximum atomic E-state index is 12.4. The van der Waals surface area contributed by atoms with E-state index >= 15 is 0 Å². The van der Waals surface area contributed by atoms with Gasteiger partial charge in [-0.15, -0.1) is 13.2 Å². The van der Waals surface area contributed by atoms with Crippen molar-refractivity contribution in [3.05, 3.63) is 29.3 Å². The van der Waals surface area contributed by atoms with E-state index in [2.05, 4.69) is 4.74 Å². The predicted octanol–water partition coefficient (Wildman–Crippen LogP) is 3.34. The van der Waals surface area contributed by atoms with Gasteiger partial charge in [0.2, 0.25) is 0 Å². The molecule has 0 N–H and O–H groups in total. The van der Waals surface area contributed by atoms with Crippen molar-refractivity contribution in [3.8, 4) is 5.75 Å². The minimum atomic E-state index is -5.12. The number of hydrogen-bond donors (Lipinski definition) is 0. The van der Waals surface area contributed by atoms with E-state index in [1.54, 1.807) is 0 Å². The van der Waals surface area contributed by atoms with Gasteiger partial charge >= 0.3 is 6.36 Å². The minimum absolute atomic E-state index is 0.0208. The van der Waals surface area contributed by atoms with Crippen LogP contribution >= 0.6 is 0 Å². The van der Waals surface area contributed by atoms with E-state index in [1.165, 1.54) is 0 Å². The van der Waals surface area contributed by atoms with E-state index in [4.69, 9.17) is 0 Å². The van der Waals surface area contributed by atoms with Gasteiger partial charge in [-0.1, -0.05) is 6.07 Å². The first-order valence-electron chi connectivity index (χ1n) is 3.97. The van der Waals surface area contributed by atoms with Crippen LogP contribution < -0.4 is 4.74 Å². The van der Waals surface area contributed by atoms with Gasteiger partial charge < -0.3 is 4.74 Å². The summed E-state index contributed by atoms with van der Waals surface area (Å²) in [5.41, 5.74) is -1.54. The molecule has 0 aliphatic rings. The van der Waals surface area contributed by atoms with Crippen molar-refractivity contribution in [1.29, 1.82) is 0 Å². The van der Waals surface area contributed by atoms with Gasteiger partial charge in [0.1, 0.15) is 5.75 Å². The third kappa shape index (κ3) is 2.91. The summed E-state index contributed by atoms with van der Waals surface area (Å²) in [6, 6.07) is 2.77. The average Bonchev–Trinajstić information content (AvgIpc) is 2.15. The molecule has 0 radical (unpaired) electrons. The van der Waals surface area contributed by atoms with Gasteiger partial charge in [0.15, 0.2) is 6.29 Å². The van der Waals surface area contributed by atoms with Crippen LogP contribution in [0.2, 0.25) is 0 Å². The third-order valence-electron chi connectivity index (χ3n) is 1.66. The molecular formula is C9H5F5O2. The quantitative estimate of drug-likeness (QED) is 0.598. The van der Waals surface area contributed by atoms with Crippen molar-refractivity contribution in [2.45, 2.75) is 12.8 Å². The molecule has 1 rings (SSSR count). The number of carbonyl (C=O) groups excluding carboxylic acids is 1. The standard InChI is InChI=1S/C9H5F5O2/c10-8(11)6-3-1-2-5(4-15)7(6)16-9(12,13)14/h1-4,8H. The summed E-state index contributed by atoms with van der Waals surface area (Å²) in [5.74, 6) is -1.15. The molecule has 0 heterocycles. The lowest BCUT2D eigenvalue weighted by molar-refractivity contribution is -0.275. The summed E-state index contributed by atoms with van der Waals surface area (Å²) < 4.78 is 63.9. The molecule has 0 saturated heterocycles. The van der Waals surface area contributed by atoms with Crippen LogP contribution in [0.4, 0.5) is 22.0 Å². The summed E-state index contributed by atoms with van der Waals surface area (Å²) in [6.45, 7) is 0. The average molecular weight is 240 g/mol. The zero-order valence-electron chi connectivity index (χ0n) is 7.59. The molecule has 16 heavy (non-hydrogen) atoms. The van der Waals surface area contributed by atoms with Crippen LogP contribution in [0, 0.1) is 0 Å². The predicted molar refractivity (Wildman–Crippen MR) is 43.5 cm³/mol. The Morgan fingerprint density at radius 1 is 1.25 bits per heavy atom. The summed E-state index contributed by atoms with van der Waals surface area (Å²) in [4.78, 5) is 10.4. The molecular weight excluding hydrogens is 235 g/mol. The molecule has 0 atom stereocenters. The number of halogens is 5. The molecule has 0 saturated carbocycles. The van der Waals surface area contributed by atoms with Crippen molar-refractivity contribution in [2.75, 3.05) is 0 Å². The maximum absolute atomic E-state index is 12.4.